The zero-order chi connectivity index (χ0) is 16.3. The molecule has 0 spiro atoms. The second-order valence-corrected chi connectivity index (χ2v) is 12.0. The van der Waals surface area contributed by atoms with Gasteiger partial charge in [-0.3, -0.25) is 0 Å². The van der Waals surface area contributed by atoms with E-state index in [0.29, 0.717) is 0 Å². The Labute approximate surface area is 130 Å². The molecule has 0 aliphatic carbocycles. The van der Waals surface area contributed by atoms with Crippen LogP contribution in [-0.2, 0) is 4.43 Å². The summed E-state index contributed by atoms with van der Waals surface area (Å²) in [6.07, 6.45) is -1.02. The van der Waals surface area contributed by atoms with Crippen LogP contribution < -0.4 is 0 Å². The zero-order valence-corrected chi connectivity index (χ0v) is 15.1. The van der Waals surface area contributed by atoms with Gasteiger partial charge in [-0.2, -0.15) is 0 Å². The molecule has 0 radical (unpaired) electrons. The molecule has 1 rings (SSSR count). The van der Waals surface area contributed by atoms with Crippen molar-refractivity contribution in [3.63, 3.8) is 0 Å². The van der Waals surface area contributed by atoms with Crippen LogP contribution in [0.2, 0.25) is 18.1 Å². The van der Waals surface area contributed by atoms with E-state index in [1.165, 1.54) is 0 Å². The van der Waals surface area contributed by atoms with Crippen LogP contribution in [0.4, 0.5) is 0 Å². The third-order valence-electron chi connectivity index (χ3n) is 4.60. The highest BCUT2D eigenvalue weighted by atomic mass is 28.4. The van der Waals surface area contributed by atoms with Gasteiger partial charge >= 0.3 is 0 Å². The molecule has 0 saturated carbocycles. The Morgan fingerprint density at radius 1 is 1.14 bits per heavy atom. The van der Waals surface area contributed by atoms with Crippen LogP contribution in [0, 0.1) is 0 Å². The fourth-order valence-electron chi connectivity index (χ4n) is 2.15. The van der Waals surface area contributed by atoms with Crippen molar-refractivity contribution in [3.8, 4) is 0 Å². The zero-order valence-electron chi connectivity index (χ0n) is 14.1. The molecule has 1 aromatic carbocycles. The first-order valence-corrected chi connectivity index (χ1v) is 10.5. The Morgan fingerprint density at radius 3 is 2.10 bits per heavy atom. The molecule has 0 saturated heterocycles. The summed E-state index contributed by atoms with van der Waals surface area (Å²) in [6.45, 7) is 12.7. The lowest BCUT2D eigenvalue weighted by Gasteiger charge is -2.40. The van der Waals surface area contributed by atoms with Gasteiger partial charge in [-0.25, -0.2) is 0 Å². The van der Waals surface area contributed by atoms with Gasteiger partial charge in [-0.1, -0.05) is 51.1 Å². The Hall–Kier alpha value is -0.683. The summed E-state index contributed by atoms with van der Waals surface area (Å²) in [5.41, 5.74) is 0.943. The van der Waals surface area contributed by atoms with E-state index < -0.39 is 14.4 Å². The Bertz CT molecular complexity index is 425. The van der Waals surface area contributed by atoms with E-state index in [0.717, 1.165) is 5.56 Å². The quantitative estimate of drug-likeness (QED) is 0.790. The van der Waals surface area contributed by atoms with Gasteiger partial charge in [0.15, 0.2) is 8.32 Å². The van der Waals surface area contributed by atoms with E-state index in [1.807, 2.05) is 37.3 Å². The molecular formula is C17H30O3Si. The van der Waals surface area contributed by atoms with Crippen molar-refractivity contribution < 1.29 is 14.6 Å². The third-order valence-corrected chi connectivity index (χ3v) is 9.18. The van der Waals surface area contributed by atoms with Gasteiger partial charge in [-0.15, -0.1) is 0 Å². The van der Waals surface area contributed by atoms with Crippen LogP contribution in [0.25, 0.3) is 0 Å². The van der Waals surface area contributed by atoms with E-state index in [9.17, 15) is 10.2 Å². The summed E-state index contributed by atoms with van der Waals surface area (Å²) in [5, 5.41) is 20.3. The van der Waals surface area contributed by atoms with Gasteiger partial charge in [0.1, 0.15) is 0 Å². The fraction of sp³-hybridized carbons (Fsp3) is 0.647. The highest BCUT2D eigenvalue weighted by molar-refractivity contribution is 6.74. The second-order valence-electron chi connectivity index (χ2n) is 7.27. The summed E-state index contributed by atoms with van der Waals surface area (Å²) < 4.78 is 6.25. The Balaban J connectivity index is 2.84. The molecule has 0 bridgehead atoms. The summed E-state index contributed by atoms with van der Waals surface area (Å²) in [5.74, 6) is -0.314. The van der Waals surface area contributed by atoms with Crippen LogP contribution in [0.1, 0.15) is 39.2 Å². The van der Waals surface area contributed by atoms with E-state index in [4.69, 9.17) is 4.43 Å². The molecule has 3 nitrogen and oxygen atoms in total. The maximum absolute atomic E-state index is 10.6. The van der Waals surface area contributed by atoms with Gasteiger partial charge in [0.05, 0.1) is 18.8 Å². The lowest BCUT2D eigenvalue weighted by Crippen LogP contribution is -2.47. The second kappa shape index (κ2) is 7.05. The van der Waals surface area contributed by atoms with Crippen LogP contribution in [-0.4, -0.2) is 37.3 Å². The van der Waals surface area contributed by atoms with E-state index in [-0.39, 0.29) is 23.7 Å². The van der Waals surface area contributed by atoms with Crippen LogP contribution >= 0.6 is 0 Å². The highest BCUT2D eigenvalue weighted by Crippen LogP contribution is 2.38. The van der Waals surface area contributed by atoms with Crippen molar-refractivity contribution in [2.45, 2.75) is 64.0 Å². The smallest absolute Gasteiger partial charge is 0.192 e. The molecule has 21 heavy (non-hydrogen) atoms. The lowest BCUT2D eigenvalue weighted by molar-refractivity contribution is 0.00722. The maximum Gasteiger partial charge on any atom is 0.192 e. The Kier molecular flexibility index (Phi) is 6.17. The van der Waals surface area contributed by atoms with Gasteiger partial charge < -0.3 is 14.6 Å². The predicted octanol–water partition coefficient (Wildman–Crippen LogP) is 3.53. The van der Waals surface area contributed by atoms with Gasteiger partial charge in [-0.05, 0) is 30.6 Å². The van der Waals surface area contributed by atoms with Gasteiger partial charge in [0.2, 0.25) is 0 Å². The highest BCUT2D eigenvalue weighted by Gasteiger charge is 2.40. The largest absolute Gasteiger partial charge is 0.412 e. The molecule has 0 aliphatic rings. The molecule has 0 aliphatic heterocycles. The van der Waals surface area contributed by atoms with E-state index in [2.05, 4.69) is 33.9 Å². The number of benzene rings is 1. The van der Waals surface area contributed by atoms with Crippen LogP contribution in [0.5, 0.6) is 0 Å². The van der Waals surface area contributed by atoms with E-state index >= 15 is 0 Å². The van der Waals surface area contributed by atoms with Crippen molar-refractivity contribution in [1.29, 1.82) is 0 Å². The van der Waals surface area contributed by atoms with Crippen molar-refractivity contribution in [2.24, 2.45) is 0 Å². The molecule has 0 amide bonds. The summed E-state index contributed by atoms with van der Waals surface area (Å²) in [7, 11) is -1.93. The first kappa shape index (κ1) is 18.4. The molecule has 0 fully saturated rings. The summed E-state index contributed by atoms with van der Waals surface area (Å²) in [6, 6.07) is 9.64. The molecule has 0 aromatic heterocycles. The van der Waals surface area contributed by atoms with Gasteiger partial charge in [0.25, 0.3) is 0 Å². The van der Waals surface area contributed by atoms with Gasteiger partial charge in [0, 0.05) is 5.92 Å². The topological polar surface area (TPSA) is 49.7 Å². The molecule has 2 N–H and O–H groups in total. The fourth-order valence-corrected chi connectivity index (χ4v) is 3.57. The number of aliphatic hydroxyl groups excluding tert-OH is 2. The number of hydrogen-bond acceptors (Lipinski definition) is 3. The van der Waals surface area contributed by atoms with Crippen molar-refractivity contribution in [1.82, 2.24) is 0 Å². The molecule has 3 atom stereocenters. The van der Waals surface area contributed by atoms with Crippen LogP contribution in [0.3, 0.4) is 0 Å². The molecule has 0 heterocycles. The first-order chi connectivity index (χ1) is 9.60. The molecule has 0 unspecified atom stereocenters. The number of hydrogen-bond donors (Lipinski definition) is 2. The van der Waals surface area contributed by atoms with Crippen molar-refractivity contribution in [3.05, 3.63) is 35.9 Å². The van der Waals surface area contributed by atoms with Crippen molar-refractivity contribution >= 4 is 8.32 Å². The number of rotatable bonds is 6. The minimum atomic E-state index is -1.93. The lowest BCUT2D eigenvalue weighted by atomic mass is 9.91. The number of aliphatic hydroxyl groups is 2. The summed E-state index contributed by atoms with van der Waals surface area (Å²) >= 11 is 0. The van der Waals surface area contributed by atoms with E-state index in [1.54, 1.807) is 0 Å². The molecule has 4 heteroatoms. The minimum Gasteiger partial charge on any atom is -0.412 e. The minimum absolute atomic E-state index is 0.0869. The average molecular weight is 311 g/mol. The molecule has 1 aromatic rings. The standard InChI is InChI=1S/C17H30O3Si/c1-13(20-21(5,6)17(2,3)4)16(19)15(12-18)14-10-8-7-9-11-14/h7-11,13,15-16,18-19H,12H2,1-6H3/t13-,15-,16-/m1/s1. The molecular weight excluding hydrogens is 280 g/mol. The SMILES string of the molecule is C[C@@H](O[Si](C)(C)C(C)(C)C)[C@@H](O)[C@H](CO)c1ccccc1. The predicted molar refractivity (Wildman–Crippen MR) is 90.0 cm³/mol. The van der Waals surface area contributed by atoms with Crippen LogP contribution in [0.15, 0.2) is 30.3 Å². The van der Waals surface area contributed by atoms with Crippen molar-refractivity contribution in [2.75, 3.05) is 6.61 Å². The average Bonchev–Trinajstić information content (AvgIpc) is 2.38. The monoisotopic (exact) mass is 310 g/mol. The first-order valence-electron chi connectivity index (χ1n) is 7.62. The molecule has 120 valence electrons. The summed E-state index contributed by atoms with van der Waals surface area (Å²) in [4.78, 5) is 0. The maximum atomic E-state index is 10.6. The Morgan fingerprint density at radius 2 is 1.67 bits per heavy atom. The third kappa shape index (κ3) is 4.64. The normalized spacial score (nSPS) is 17.3.